The van der Waals surface area contributed by atoms with E-state index >= 15 is 0 Å². The van der Waals surface area contributed by atoms with Crippen molar-refractivity contribution in [2.75, 3.05) is 11.5 Å². The van der Waals surface area contributed by atoms with Crippen molar-refractivity contribution in [1.82, 2.24) is 0 Å². The molecule has 0 spiro atoms. The van der Waals surface area contributed by atoms with Gasteiger partial charge in [-0.2, -0.15) is 0 Å². The van der Waals surface area contributed by atoms with Gasteiger partial charge < -0.3 is 11.5 Å². The molecular formula is C9H14N2. The van der Waals surface area contributed by atoms with Crippen LogP contribution in [0.25, 0.3) is 0 Å². The average Bonchev–Trinajstić information content (AvgIpc) is 1.98. The molecule has 0 atom stereocenters. The summed E-state index contributed by atoms with van der Waals surface area (Å²) in [5.74, 6) is 0. The second-order valence-corrected chi connectivity index (χ2v) is 2.71. The summed E-state index contributed by atoms with van der Waals surface area (Å²) in [5.41, 5.74) is 13.8. The van der Waals surface area contributed by atoms with E-state index in [0.717, 1.165) is 12.8 Å². The van der Waals surface area contributed by atoms with Gasteiger partial charge in [-0.3, -0.25) is 0 Å². The third-order valence-corrected chi connectivity index (χ3v) is 1.69. The predicted molar refractivity (Wildman–Crippen MR) is 49.3 cm³/mol. The minimum atomic E-state index is 0.671. The quantitative estimate of drug-likeness (QED) is 0.631. The molecule has 0 saturated heterocycles. The maximum Gasteiger partial charge on any atom is 0.0550 e. The molecule has 1 aromatic rings. The van der Waals surface area contributed by atoms with Gasteiger partial charge in [0.15, 0.2) is 0 Å². The van der Waals surface area contributed by atoms with Gasteiger partial charge in [0, 0.05) is 0 Å². The van der Waals surface area contributed by atoms with Crippen molar-refractivity contribution in [2.45, 2.75) is 19.8 Å². The van der Waals surface area contributed by atoms with E-state index in [0.29, 0.717) is 11.4 Å². The number of anilines is 2. The lowest BCUT2D eigenvalue weighted by Crippen LogP contribution is -1.95. The molecule has 0 fully saturated rings. The lowest BCUT2D eigenvalue weighted by atomic mass is 10.1. The Kier molecular flexibility index (Phi) is 2.36. The molecular weight excluding hydrogens is 136 g/mol. The van der Waals surface area contributed by atoms with Crippen LogP contribution in [0.15, 0.2) is 18.2 Å². The van der Waals surface area contributed by atoms with E-state index in [4.69, 9.17) is 11.5 Å². The Hall–Kier alpha value is -1.18. The number of nitrogen functional groups attached to an aromatic ring is 2. The Balaban J connectivity index is 2.86. The maximum absolute atomic E-state index is 5.63. The van der Waals surface area contributed by atoms with Crippen molar-refractivity contribution in [1.29, 1.82) is 0 Å². The van der Waals surface area contributed by atoms with Crippen molar-refractivity contribution in [2.24, 2.45) is 0 Å². The molecule has 0 aliphatic heterocycles. The zero-order chi connectivity index (χ0) is 8.27. The highest BCUT2D eigenvalue weighted by Gasteiger charge is 1.95. The standard InChI is InChI=1S/C9H14N2/c1-2-3-7-4-5-8(10)9(11)6-7/h4-6H,2-3,10-11H2,1H3. The molecule has 0 aliphatic rings. The minimum Gasteiger partial charge on any atom is -0.397 e. The van der Waals surface area contributed by atoms with Gasteiger partial charge in [0.2, 0.25) is 0 Å². The Labute approximate surface area is 67.2 Å². The van der Waals surface area contributed by atoms with Gasteiger partial charge in [0.25, 0.3) is 0 Å². The van der Waals surface area contributed by atoms with Crippen molar-refractivity contribution in [3.63, 3.8) is 0 Å². The Morgan fingerprint density at radius 3 is 2.45 bits per heavy atom. The molecule has 2 nitrogen and oxygen atoms in total. The lowest BCUT2D eigenvalue weighted by Gasteiger charge is -2.02. The number of hydrogen-bond donors (Lipinski definition) is 2. The van der Waals surface area contributed by atoms with Crippen LogP contribution in [0.1, 0.15) is 18.9 Å². The Bertz CT molecular complexity index is 243. The number of benzene rings is 1. The molecule has 0 heterocycles. The number of hydrogen-bond acceptors (Lipinski definition) is 2. The first kappa shape index (κ1) is 7.92. The third-order valence-electron chi connectivity index (χ3n) is 1.69. The molecule has 0 amide bonds. The predicted octanol–water partition coefficient (Wildman–Crippen LogP) is 1.80. The SMILES string of the molecule is CCCc1ccc(N)c(N)c1. The molecule has 4 N–H and O–H groups in total. The van der Waals surface area contributed by atoms with Crippen LogP contribution in [0.5, 0.6) is 0 Å². The van der Waals surface area contributed by atoms with E-state index in [1.165, 1.54) is 5.56 Å². The van der Waals surface area contributed by atoms with Gasteiger partial charge in [-0.1, -0.05) is 19.4 Å². The largest absolute Gasteiger partial charge is 0.397 e. The summed E-state index contributed by atoms with van der Waals surface area (Å²) in [7, 11) is 0. The molecule has 0 radical (unpaired) electrons. The summed E-state index contributed by atoms with van der Waals surface area (Å²) >= 11 is 0. The molecule has 2 heteroatoms. The molecule has 60 valence electrons. The van der Waals surface area contributed by atoms with Crippen molar-refractivity contribution >= 4 is 11.4 Å². The highest BCUT2D eigenvalue weighted by atomic mass is 14.7. The van der Waals surface area contributed by atoms with Crippen LogP contribution >= 0.6 is 0 Å². The molecule has 1 aromatic carbocycles. The summed E-state index contributed by atoms with van der Waals surface area (Å²) in [5, 5.41) is 0. The average molecular weight is 150 g/mol. The fraction of sp³-hybridized carbons (Fsp3) is 0.333. The van der Waals surface area contributed by atoms with E-state index in [9.17, 15) is 0 Å². The van der Waals surface area contributed by atoms with Gasteiger partial charge in [0.05, 0.1) is 11.4 Å². The number of aryl methyl sites for hydroxylation is 1. The summed E-state index contributed by atoms with van der Waals surface area (Å²) in [4.78, 5) is 0. The molecule has 11 heavy (non-hydrogen) atoms. The smallest absolute Gasteiger partial charge is 0.0550 e. The van der Waals surface area contributed by atoms with E-state index in [2.05, 4.69) is 6.92 Å². The van der Waals surface area contributed by atoms with E-state index in [1.807, 2.05) is 18.2 Å². The first-order valence-electron chi connectivity index (χ1n) is 3.88. The lowest BCUT2D eigenvalue weighted by molar-refractivity contribution is 0.922. The summed E-state index contributed by atoms with van der Waals surface area (Å²) in [6, 6.07) is 5.83. The van der Waals surface area contributed by atoms with E-state index in [-0.39, 0.29) is 0 Å². The van der Waals surface area contributed by atoms with Crippen molar-refractivity contribution in [3.05, 3.63) is 23.8 Å². The van der Waals surface area contributed by atoms with Crippen LogP contribution in [0.2, 0.25) is 0 Å². The number of rotatable bonds is 2. The first-order valence-corrected chi connectivity index (χ1v) is 3.88. The monoisotopic (exact) mass is 150 g/mol. The summed E-state index contributed by atoms with van der Waals surface area (Å²) in [6.07, 6.45) is 2.22. The molecule has 0 aromatic heterocycles. The second kappa shape index (κ2) is 3.28. The van der Waals surface area contributed by atoms with Crippen LogP contribution in [0.4, 0.5) is 11.4 Å². The zero-order valence-corrected chi connectivity index (χ0v) is 6.80. The second-order valence-electron chi connectivity index (χ2n) is 2.71. The van der Waals surface area contributed by atoms with Gasteiger partial charge in [-0.05, 0) is 24.1 Å². The Morgan fingerprint density at radius 1 is 1.18 bits per heavy atom. The third kappa shape index (κ3) is 1.87. The normalized spacial score (nSPS) is 9.91. The van der Waals surface area contributed by atoms with E-state index < -0.39 is 0 Å². The van der Waals surface area contributed by atoms with E-state index in [1.54, 1.807) is 0 Å². The maximum atomic E-state index is 5.63. The summed E-state index contributed by atoms with van der Waals surface area (Å²) in [6.45, 7) is 2.15. The number of nitrogens with two attached hydrogens (primary N) is 2. The van der Waals surface area contributed by atoms with Crippen LogP contribution < -0.4 is 11.5 Å². The molecule has 0 unspecified atom stereocenters. The molecule has 0 aliphatic carbocycles. The Morgan fingerprint density at radius 2 is 1.91 bits per heavy atom. The van der Waals surface area contributed by atoms with Crippen molar-refractivity contribution in [3.8, 4) is 0 Å². The van der Waals surface area contributed by atoms with Crippen LogP contribution in [0, 0.1) is 0 Å². The minimum absolute atomic E-state index is 0.671. The van der Waals surface area contributed by atoms with Gasteiger partial charge in [0.1, 0.15) is 0 Å². The van der Waals surface area contributed by atoms with Crippen LogP contribution in [0.3, 0.4) is 0 Å². The topological polar surface area (TPSA) is 52.0 Å². The van der Waals surface area contributed by atoms with Gasteiger partial charge in [-0.15, -0.1) is 0 Å². The van der Waals surface area contributed by atoms with Crippen molar-refractivity contribution < 1.29 is 0 Å². The zero-order valence-electron chi connectivity index (χ0n) is 6.80. The first-order chi connectivity index (χ1) is 5.24. The van der Waals surface area contributed by atoms with Crippen LogP contribution in [-0.2, 0) is 6.42 Å². The molecule has 1 rings (SSSR count). The van der Waals surface area contributed by atoms with Crippen LogP contribution in [-0.4, -0.2) is 0 Å². The highest BCUT2D eigenvalue weighted by Crippen LogP contribution is 2.16. The fourth-order valence-corrected chi connectivity index (χ4v) is 1.07. The fourth-order valence-electron chi connectivity index (χ4n) is 1.07. The van der Waals surface area contributed by atoms with Gasteiger partial charge in [-0.25, -0.2) is 0 Å². The molecule has 0 bridgehead atoms. The summed E-state index contributed by atoms with van der Waals surface area (Å²) < 4.78 is 0. The molecule has 0 saturated carbocycles. The highest BCUT2D eigenvalue weighted by molar-refractivity contribution is 5.63. The van der Waals surface area contributed by atoms with Gasteiger partial charge >= 0.3 is 0 Å².